The van der Waals surface area contributed by atoms with Gasteiger partial charge in [-0.25, -0.2) is 0 Å². The number of rotatable bonds is 3. The van der Waals surface area contributed by atoms with Crippen molar-refractivity contribution in [2.45, 2.75) is 6.92 Å². The zero-order chi connectivity index (χ0) is 22.5. The second-order valence-electron chi connectivity index (χ2n) is 7.84. The van der Waals surface area contributed by atoms with Crippen molar-refractivity contribution < 1.29 is 4.79 Å². The average molecular weight is 469 g/mol. The van der Waals surface area contributed by atoms with Crippen molar-refractivity contribution in [2.75, 3.05) is 5.32 Å². The molecule has 0 unspecified atom stereocenters. The lowest BCUT2D eigenvalue weighted by Crippen LogP contribution is -2.11. The topological polar surface area (TPSA) is 59.8 Å². The summed E-state index contributed by atoms with van der Waals surface area (Å²) in [5.41, 5.74) is 3.96. The van der Waals surface area contributed by atoms with Gasteiger partial charge in [0.1, 0.15) is 15.9 Å². The summed E-state index contributed by atoms with van der Waals surface area (Å²) in [5.74, 6) is -0.231. The molecule has 33 heavy (non-hydrogen) atoms. The summed E-state index contributed by atoms with van der Waals surface area (Å²) in [7, 11) is 0. The van der Waals surface area contributed by atoms with Crippen LogP contribution in [0.3, 0.4) is 0 Å². The fraction of sp³-hybridized carbons (Fsp3) is 0.0385. The van der Waals surface area contributed by atoms with Crippen LogP contribution >= 0.6 is 22.9 Å². The van der Waals surface area contributed by atoms with Crippen LogP contribution in [0.15, 0.2) is 78.9 Å². The Morgan fingerprint density at radius 3 is 2.42 bits per heavy atom. The van der Waals surface area contributed by atoms with Crippen LogP contribution in [-0.4, -0.2) is 20.9 Å². The molecule has 0 saturated carbocycles. The Hall–Kier alpha value is -3.74. The Balaban J connectivity index is 1.38. The van der Waals surface area contributed by atoms with Gasteiger partial charge in [0.15, 0.2) is 0 Å². The maximum Gasteiger partial charge on any atom is 0.267 e. The van der Waals surface area contributed by atoms with Gasteiger partial charge in [-0.2, -0.15) is 0 Å². The molecule has 160 valence electrons. The van der Waals surface area contributed by atoms with E-state index in [2.05, 4.69) is 28.6 Å². The van der Waals surface area contributed by atoms with Crippen molar-refractivity contribution >= 4 is 66.4 Å². The third-order valence-corrected chi connectivity index (χ3v) is 7.37. The normalized spacial score (nSPS) is 11.5. The van der Waals surface area contributed by atoms with E-state index in [1.165, 1.54) is 11.3 Å². The standard InChI is InChI=1S/C26H17ClN4OS/c1-15-13-20-21(30-31(29-20)22-11-6-8-16-7-2-3-9-17(16)22)14-19(15)28-26(32)25-24(27)18-10-4-5-12-23(18)33-25/h2-14H,1H3,(H,28,32). The van der Waals surface area contributed by atoms with Crippen molar-refractivity contribution in [1.82, 2.24) is 15.0 Å². The largest absolute Gasteiger partial charge is 0.321 e. The van der Waals surface area contributed by atoms with E-state index in [-0.39, 0.29) is 5.91 Å². The van der Waals surface area contributed by atoms with E-state index in [4.69, 9.17) is 16.7 Å². The highest BCUT2D eigenvalue weighted by Crippen LogP contribution is 2.36. The highest BCUT2D eigenvalue weighted by Gasteiger charge is 2.18. The number of hydrogen-bond acceptors (Lipinski definition) is 4. The molecule has 0 spiro atoms. The Morgan fingerprint density at radius 1 is 0.909 bits per heavy atom. The molecule has 1 N–H and O–H groups in total. The Labute approximate surface area is 198 Å². The quantitative estimate of drug-likeness (QED) is 0.304. The number of fused-ring (bicyclic) bond motifs is 3. The van der Waals surface area contributed by atoms with Crippen LogP contribution in [0.25, 0.3) is 37.6 Å². The molecule has 0 atom stereocenters. The summed E-state index contributed by atoms with van der Waals surface area (Å²) in [5, 5.41) is 16.0. The summed E-state index contributed by atoms with van der Waals surface area (Å²) >= 11 is 7.88. The number of halogens is 1. The maximum absolute atomic E-state index is 13.0. The molecular formula is C26H17ClN4OS. The minimum absolute atomic E-state index is 0.231. The van der Waals surface area contributed by atoms with Crippen LogP contribution in [0.4, 0.5) is 5.69 Å². The van der Waals surface area contributed by atoms with Gasteiger partial charge in [-0.15, -0.1) is 26.3 Å². The predicted octanol–water partition coefficient (Wildman–Crippen LogP) is 7.00. The Kier molecular flexibility index (Phi) is 4.64. The number of carbonyl (C=O) groups excluding carboxylic acids is 1. The summed E-state index contributed by atoms with van der Waals surface area (Å²) in [4.78, 5) is 15.2. The fourth-order valence-electron chi connectivity index (χ4n) is 4.03. The number of nitrogens with one attached hydrogen (secondary N) is 1. The van der Waals surface area contributed by atoms with Gasteiger partial charge in [-0.3, -0.25) is 4.79 Å². The molecule has 5 nitrogen and oxygen atoms in total. The predicted molar refractivity (Wildman–Crippen MR) is 136 cm³/mol. The summed E-state index contributed by atoms with van der Waals surface area (Å²) in [6, 6.07) is 25.8. The van der Waals surface area contributed by atoms with Gasteiger partial charge in [-0.05, 0) is 42.1 Å². The number of thiophene rings is 1. The number of benzene rings is 4. The number of amides is 1. The van der Waals surface area contributed by atoms with Crippen molar-refractivity contribution in [2.24, 2.45) is 0 Å². The second kappa shape index (κ2) is 7.69. The van der Waals surface area contributed by atoms with Gasteiger partial charge in [0.05, 0.1) is 10.7 Å². The minimum atomic E-state index is -0.231. The molecule has 1 amide bonds. The highest BCUT2D eigenvalue weighted by atomic mass is 35.5. The summed E-state index contributed by atoms with van der Waals surface area (Å²) < 4.78 is 0.984. The number of nitrogens with zero attached hydrogens (tertiary/aromatic N) is 3. The van der Waals surface area contributed by atoms with Gasteiger partial charge in [0, 0.05) is 21.2 Å². The highest BCUT2D eigenvalue weighted by molar-refractivity contribution is 7.21. The first-order valence-corrected chi connectivity index (χ1v) is 11.6. The monoisotopic (exact) mass is 468 g/mol. The van der Waals surface area contributed by atoms with E-state index in [9.17, 15) is 4.79 Å². The average Bonchev–Trinajstić information content (AvgIpc) is 3.39. The van der Waals surface area contributed by atoms with Gasteiger partial charge >= 0.3 is 0 Å². The lowest BCUT2D eigenvalue weighted by atomic mass is 10.1. The molecule has 2 heterocycles. The van der Waals surface area contributed by atoms with Crippen molar-refractivity contribution in [3.63, 3.8) is 0 Å². The van der Waals surface area contributed by atoms with Crippen LogP contribution in [0.5, 0.6) is 0 Å². The first-order chi connectivity index (χ1) is 16.1. The molecule has 6 aromatic rings. The third-order valence-electron chi connectivity index (χ3n) is 5.70. The fourth-order valence-corrected chi connectivity index (χ4v) is 5.44. The van der Waals surface area contributed by atoms with E-state index in [0.29, 0.717) is 21.1 Å². The first-order valence-electron chi connectivity index (χ1n) is 10.4. The molecule has 2 aromatic heterocycles. The number of aryl methyl sites for hydroxylation is 1. The second-order valence-corrected chi connectivity index (χ2v) is 9.27. The van der Waals surface area contributed by atoms with Crippen molar-refractivity contribution in [3.8, 4) is 5.69 Å². The number of anilines is 1. The molecule has 0 radical (unpaired) electrons. The smallest absolute Gasteiger partial charge is 0.267 e. The maximum atomic E-state index is 13.0. The molecule has 0 bridgehead atoms. The van der Waals surface area contributed by atoms with Crippen LogP contribution in [0, 0.1) is 6.92 Å². The van der Waals surface area contributed by atoms with Crippen LogP contribution in [0.1, 0.15) is 15.2 Å². The minimum Gasteiger partial charge on any atom is -0.321 e. The van der Waals surface area contributed by atoms with E-state index < -0.39 is 0 Å². The van der Waals surface area contributed by atoms with E-state index >= 15 is 0 Å². The molecule has 6 rings (SSSR count). The number of hydrogen-bond donors (Lipinski definition) is 1. The molecule has 0 aliphatic rings. The lowest BCUT2D eigenvalue weighted by Gasteiger charge is -2.07. The molecule has 0 aliphatic heterocycles. The molecular weight excluding hydrogens is 452 g/mol. The molecule has 4 aromatic carbocycles. The van der Waals surface area contributed by atoms with E-state index in [1.54, 1.807) is 4.80 Å². The molecule has 0 saturated heterocycles. The van der Waals surface area contributed by atoms with Gasteiger partial charge < -0.3 is 5.32 Å². The zero-order valence-electron chi connectivity index (χ0n) is 17.5. The molecule has 0 aliphatic carbocycles. The third kappa shape index (κ3) is 3.35. The molecule has 7 heteroatoms. The van der Waals surface area contributed by atoms with Crippen molar-refractivity contribution in [3.05, 3.63) is 94.3 Å². The zero-order valence-corrected chi connectivity index (χ0v) is 19.1. The Morgan fingerprint density at radius 2 is 1.61 bits per heavy atom. The SMILES string of the molecule is Cc1cc2nn(-c3cccc4ccccc34)nc2cc1NC(=O)c1sc2ccccc2c1Cl. The number of aromatic nitrogens is 3. The first kappa shape index (κ1) is 19.9. The van der Waals surface area contributed by atoms with Gasteiger partial charge in [-0.1, -0.05) is 66.2 Å². The van der Waals surface area contributed by atoms with Gasteiger partial charge in [0.25, 0.3) is 5.91 Å². The van der Waals surface area contributed by atoms with E-state index in [1.807, 2.05) is 67.6 Å². The summed E-state index contributed by atoms with van der Waals surface area (Å²) in [6.45, 7) is 1.94. The molecule has 0 fully saturated rings. The van der Waals surface area contributed by atoms with Gasteiger partial charge in [0.2, 0.25) is 0 Å². The van der Waals surface area contributed by atoms with Crippen LogP contribution < -0.4 is 5.32 Å². The van der Waals surface area contributed by atoms with Crippen molar-refractivity contribution in [1.29, 1.82) is 0 Å². The van der Waals surface area contributed by atoms with Crippen LogP contribution in [-0.2, 0) is 0 Å². The van der Waals surface area contributed by atoms with E-state index in [0.717, 1.165) is 37.6 Å². The number of carbonyl (C=O) groups is 1. The summed E-state index contributed by atoms with van der Waals surface area (Å²) in [6.07, 6.45) is 0. The Bertz CT molecular complexity index is 1700. The van der Waals surface area contributed by atoms with Crippen LogP contribution in [0.2, 0.25) is 5.02 Å². The lowest BCUT2D eigenvalue weighted by molar-refractivity contribution is 0.103.